The summed E-state index contributed by atoms with van der Waals surface area (Å²) in [5.41, 5.74) is 4.10. The van der Waals surface area contributed by atoms with Gasteiger partial charge in [-0.15, -0.1) is 0 Å². The molecule has 0 saturated heterocycles. The summed E-state index contributed by atoms with van der Waals surface area (Å²) in [7, 11) is 3.48. The molecule has 0 aliphatic carbocycles. The van der Waals surface area contributed by atoms with Crippen LogP contribution in [0.3, 0.4) is 0 Å². The van der Waals surface area contributed by atoms with Crippen molar-refractivity contribution in [2.24, 2.45) is 7.05 Å². The lowest BCUT2D eigenvalue weighted by Gasteiger charge is -2.15. The number of nitrogens with one attached hydrogen (secondary N) is 2. The molecule has 2 amide bonds. The molecular weight excluding hydrogens is 430 g/mol. The Labute approximate surface area is 198 Å². The molecule has 1 atom stereocenters. The molecule has 34 heavy (non-hydrogen) atoms. The molecule has 0 aliphatic heterocycles. The quantitative estimate of drug-likeness (QED) is 0.438. The van der Waals surface area contributed by atoms with E-state index in [0.29, 0.717) is 34.8 Å². The highest BCUT2D eigenvalue weighted by atomic mass is 16.5. The van der Waals surface area contributed by atoms with Gasteiger partial charge in [0.25, 0.3) is 5.91 Å². The average Bonchev–Trinajstić information content (AvgIpc) is 3.15. The molecule has 0 radical (unpaired) electrons. The first-order valence-electron chi connectivity index (χ1n) is 11.0. The Bertz CT molecular complexity index is 1350. The van der Waals surface area contributed by atoms with Gasteiger partial charge >= 0.3 is 0 Å². The second-order valence-electron chi connectivity index (χ2n) is 8.21. The molecule has 1 unspecified atom stereocenters. The first-order valence-corrected chi connectivity index (χ1v) is 11.0. The number of imidazole rings is 1. The monoisotopic (exact) mass is 457 g/mol. The van der Waals surface area contributed by atoms with Gasteiger partial charge in [-0.3, -0.25) is 14.6 Å². The summed E-state index contributed by atoms with van der Waals surface area (Å²) in [5.74, 6) is 0.879. The number of hydrogen-bond donors (Lipinski definition) is 2. The highest BCUT2D eigenvalue weighted by molar-refractivity contribution is 6.05. The van der Waals surface area contributed by atoms with Crippen LogP contribution >= 0.6 is 0 Å². The fourth-order valence-electron chi connectivity index (χ4n) is 4.07. The summed E-state index contributed by atoms with van der Waals surface area (Å²) in [6.45, 7) is 3.38. The third kappa shape index (κ3) is 4.76. The minimum atomic E-state index is -0.241. The third-order valence-corrected chi connectivity index (χ3v) is 5.53. The van der Waals surface area contributed by atoms with Crippen LogP contribution in [0, 0.1) is 0 Å². The van der Waals surface area contributed by atoms with E-state index in [1.807, 2.05) is 54.9 Å². The number of aromatic nitrogens is 3. The van der Waals surface area contributed by atoms with Crippen molar-refractivity contribution in [3.05, 3.63) is 72.1 Å². The van der Waals surface area contributed by atoms with Crippen LogP contribution in [-0.2, 0) is 18.3 Å². The van der Waals surface area contributed by atoms with E-state index in [0.717, 1.165) is 16.6 Å². The Hall–Kier alpha value is -4.20. The smallest absolute Gasteiger partial charge is 0.251 e. The molecule has 2 N–H and O–H groups in total. The topological polar surface area (TPSA) is 98.1 Å². The van der Waals surface area contributed by atoms with Crippen LogP contribution < -0.4 is 15.4 Å². The average molecular weight is 458 g/mol. The van der Waals surface area contributed by atoms with Crippen LogP contribution in [-0.4, -0.2) is 39.5 Å². The summed E-state index contributed by atoms with van der Waals surface area (Å²) < 4.78 is 7.40. The van der Waals surface area contributed by atoms with Gasteiger partial charge in [-0.25, -0.2) is 4.98 Å². The van der Waals surface area contributed by atoms with E-state index >= 15 is 0 Å². The van der Waals surface area contributed by atoms with Gasteiger partial charge < -0.3 is 19.9 Å². The van der Waals surface area contributed by atoms with Crippen LogP contribution in [0.2, 0.25) is 0 Å². The molecule has 0 spiro atoms. The molecule has 8 heteroatoms. The maximum Gasteiger partial charge on any atom is 0.251 e. The van der Waals surface area contributed by atoms with E-state index in [2.05, 4.69) is 15.6 Å². The highest BCUT2D eigenvalue weighted by Gasteiger charge is 2.20. The lowest BCUT2D eigenvalue weighted by molar-refractivity contribution is -0.114. The highest BCUT2D eigenvalue weighted by Crippen LogP contribution is 2.34. The van der Waals surface area contributed by atoms with Crippen molar-refractivity contribution in [3.8, 4) is 17.1 Å². The summed E-state index contributed by atoms with van der Waals surface area (Å²) in [5, 5.41) is 5.88. The second-order valence-corrected chi connectivity index (χ2v) is 8.21. The molecule has 8 nitrogen and oxygen atoms in total. The zero-order chi connectivity index (χ0) is 24.2. The lowest BCUT2D eigenvalue weighted by Crippen LogP contribution is -2.34. The molecule has 2 aromatic carbocycles. The van der Waals surface area contributed by atoms with Gasteiger partial charge in [0.15, 0.2) is 0 Å². The Kier molecular flexibility index (Phi) is 6.58. The number of para-hydroxylation sites is 1. The van der Waals surface area contributed by atoms with Gasteiger partial charge in [0.2, 0.25) is 5.91 Å². The van der Waals surface area contributed by atoms with Crippen LogP contribution in [0.25, 0.3) is 22.4 Å². The molecule has 0 fully saturated rings. The van der Waals surface area contributed by atoms with Gasteiger partial charge in [0.05, 0.1) is 29.4 Å². The minimum Gasteiger partial charge on any atom is -0.496 e. The van der Waals surface area contributed by atoms with E-state index < -0.39 is 0 Å². The van der Waals surface area contributed by atoms with Gasteiger partial charge in [-0.2, -0.15) is 0 Å². The fraction of sp³-hybridized carbons (Fsp3) is 0.231. The summed E-state index contributed by atoms with van der Waals surface area (Å²) in [6, 6.07) is 14.8. The Balaban J connectivity index is 1.72. The van der Waals surface area contributed by atoms with Crippen LogP contribution in [0.4, 0.5) is 5.69 Å². The van der Waals surface area contributed by atoms with Gasteiger partial charge in [-0.05, 0) is 49.2 Å². The number of aryl methyl sites for hydroxylation is 1. The number of amides is 2. The molecule has 2 heterocycles. The van der Waals surface area contributed by atoms with Crippen LogP contribution in [0.5, 0.6) is 5.75 Å². The standard InChI is InChI=1S/C26H27N5O3/c1-16(12-18-8-7-11-27-15-18)28-26(33)19-13-21(29-17(2)32)24-22(14-19)30-25(31(24)3)20-9-5-6-10-23(20)34-4/h5-11,13-16H,12H2,1-4H3,(H,28,33)(H,29,32). The van der Waals surface area contributed by atoms with E-state index in [4.69, 9.17) is 9.72 Å². The number of anilines is 1. The predicted octanol–water partition coefficient (Wildman–Crippen LogP) is 3.96. The molecular formula is C26H27N5O3. The fourth-order valence-corrected chi connectivity index (χ4v) is 4.07. The first-order chi connectivity index (χ1) is 16.4. The number of ether oxygens (including phenoxy) is 1. The SMILES string of the molecule is COc1ccccc1-c1nc2cc(C(=O)NC(C)Cc3cccnc3)cc(NC(C)=O)c2n1C. The van der Waals surface area contributed by atoms with Crippen molar-refractivity contribution in [1.82, 2.24) is 19.9 Å². The van der Waals surface area contributed by atoms with Crippen molar-refractivity contribution in [2.45, 2.75) is 26.3 Å². The zero-order valence-electron chi connectivity index (χ0n) is 19.6. The molecule has 174 valence electrons. The Morgan fingerprint density at radius 3 is 2.65 bits per heavy atom. The third-order valence-electron chi connectivity index (χ3n) is 5.53. The van der Waals surface area contributed by atoms with Gasteiger partial charge in [-0.1, -0.05) is 18.2 Å². The zero-order valence-corrected chi connectivity index (χ0v) is 19.6. The molecule has 4 rings (SSSR count). The van der Waals surface area contributed by atoms with E-state index in [1.54, 1.807) is 31.6 Å². The maximum atomic E-state index is 13.1. The molecule has 2 aromatic heterocycles. The van der Waals surface area contributed by atoms with Crippen molar-refractivity contribution < 1.29 is 14.3 Å². The number of pyridine rings is 1. The van der Waals surface area contributed by atoms with Crippen LogP contribution in [0.15, 0.2) is 60.9 Å². The number of fused-ring (bicyclic) bond motifs is 1. The maximum absolute atomic E-state index is 13.1. The normalized spacial score (nSPS) is 11.8. The van der Waals surface area contributed by atoms with Crippen molar-refractivity contribution in [1.29, 1.82) is 0 Å². The van der Waals surface area contributed by atoms with E-state index in [9.17, 15) is 9.59 Å². The number of carbonyl (C=O) groups excluding carboxylic acids is 2. The largest absolute Gasteiger partial charge is 0.496 e. The van der Waals surface area contributed by atoms with Gasteiger partial charge in [0.1, 0.15) is 11.6 Å². The van der Waals surface area contributed by atoms with Crippen molar-refractivity contribution >= 4 is 28.5 Å². The second kappa shape index (κ2) is 9.74. The number of carbonyl (C=O) groups is 2. The number of nitrogens with zero attached hydrogens (tertiary/aromatic N) is 3. The minimum absolute atomic E-state index is 0.107. The van der Waals surface area contributed by atoms with Crippen molar-refractivity contribution in [3.63, 3.8) is 0 Å². The first kappa shape index (κ1) is 23.0. The van der Waals surface area contributed by atoms with Gasteiger partial charge in [0, 0.05) is 38.0 Å². The Morgan fingerprint density at radius 1 is 1.15 bits per heavy atom. The lowest BCUT2D eigenvalue weighted by atomic mass is 10.1. The summed E-state index contributed by atoms with van der Waals surface area (Å²) in [4.78, 5) is 34.0. The molecule has 0 bridgehead atoms. The predicted molar refractivity (Wildman–Crippen MR) is 132 cm³/mol. The summed E-state index contributed by atoms with van der Waals surface area (Å²) >= 11 is 0. The Morgan fingerprint density at radius 2 is 1.94 bits per heavy atom. The van der Waals surface area contributed by atoms with E-state index in [-0.39, 0.29) is 17.9 Å². The number of methoxy groups -OCH3 is 1. The van der Waals surface area contributed by atoms with Crippen molar-refractivity contribution in [2.75, 3.05) is 12.4 Å². The summed E-state index contributed by atoms with van der Waals surface area (Å²) in [6.07, 6.45) is 4.16. The number of hydrogen-bond acceptors (Lipinski definition) is 5. The van der Waals surface area contributed by atoms with E-state index in [1.165, 1.54) is 6.92 Å². The molecule has 0 saturated carbocycles. The molecule has 4 aromatic rings. The van der Waals surface area contributed by atoms with Crippen LogP contribution in [0.1, 0.15) is 29.8 Å². The number of rotatable bonds is 7. The molecule has 0 aliphatic rings. The number of benzene rings is 2.